The Morgan fingerprint density at radius 2 is 2.12 bits per heavy atom. The number of ether oxygens (including phenoxy) is 1. The summed E-state index contributed by atoms with van der Waals surface area (Å²) in [4.78, 5) is 12.8. The minimum atomic E-state index is -2.14. The summed E-state index contributed by atoms with van der Waals surface area (Å²) >= 11 is 0. The van der Waals surface area contributed by atoms with Gasteiger partial charge >= 0.3 is 0 Å². The van der Waals surface area contributed by atoms with E-state index in [4.69, 9.17) is 4.74 Å². The van der Waals surface area contributed by atoms with E-state index >= 15 is 4.39 Å². The molecule has 3 N–H and O–H groups in total. The van der Waals surface area contributed by atoms with Gasteiger partial charge in [-0.1, -0.05) is 0 Å². The number of anilines is 1. The second-order valence-corrected chi connectivity index (χ2v) is 7.20. The third kappa shape index (κ3) is 2.33. The van der Waals surface area contributed by atoms with Crippen LogP contribution >= 0.6 is 0 Å². The molecule has 136 valence electrons. The van der Waals surface area contributed by atoms with Gasteiger partial charge < -0.3 is 20.3 Å². The molecule has 0 spiro atoms. The fraction of sp³-hybridized carbons (Fsp3) is 0.688. The Balaban J connectivity index is 1.73. The molecule has 25 heavy (non-hydrogen) atoms. The zero-order chi connectivity index (χ0) is 17.8. The Kier molecular flexibility index (Phi) is 3.71. The van der Waals surface area contributed by atoms with Crippen molar-refractivity contribution in [3.8, 4) is 0 Å². The molecule has 0 unspecified atom stereocenters. The number of rotatable bonds is 4. The molecule has 1 saturated carbocycles. The van der Waals surface area contributed by atoms with Crippen molar-refractivity contribution in [3.05, 3.63) is 12.7 Å². The summed E-state index contributed by atoms with van der Waals surface area (Å²) in [5.74, 6) is 0.609. The van der Waals surface area contributed by atoms with Crippen LogP contribution in [0.5, 0.6) is 0 Å². The molecule has 1 aliphatic carbocycles. The van der Waals surface area contributed by atoms with Gasteiger partial charge in [0.1, 0.15) is 18.0 Å². The van der Waals surface area contributed by atoms with Gasteiger partial charge in [-0.2, -0.15) is 0 Å². The van der Waals surface area contributed by atoms with E-state index in [-0.39, 0.29) is 0 Å². The normalized spacial score (nSPS) is 35.9. The van der Waals surface area contributed by atoms with Gasteiger partial charge in [0.05, 0.1) is 12.9 Å². The maximum atomic E-state index is 15.4. The molecule has 2 fully saturated rings. The lowest BCUT2D eigenvalue weighted by Gasteiger charge is -2.32. The summed E-state index contributed by atoms with van der Waals surface area (Å²) in [5.41, 5.74) is -3.04. The van der Waals surface area contributed by atoms with Gasteiger partial charge in [-0.3, -0.25) is 4.57 Å². The Labute approximate surface area is 144 Å². The van der Waals surface area contributed by atoms with Crippen molar-refractivity contribution in [2.75, 3.05) is 11.9 Å². The SMILES string of the molecule is C[C@]1(O)[C@@H](CO)O[C@H](n2cnc3c(NC4CCC4)ncnc32)[C@]1(C)F. The maximum Gasteiger partial charge on any atom is 0.183 e. The largest absolute Gasteiger partial charge is 0.394 e. The van der Waals surface area contributed by atoms with Gasteiger partial charge in [0.25, 0.3) is 0 Å². The average Bonchev–Trinajstić information content (AvgIpc) is 3.02. The minimum Gasteiger partial charge on any atom is -0.394 e. The second-order valence-electron chi connectivity index (χ2n) is 7.20. The molecular weight excluding hydrogens is 329 g/mol. The molecule has 4 rings (SSSR count). The van der Waals surface area contributed by atoms with Crippen molar-refractivity contribution in [2.24, 2.45) is 0 Å². The Bertz CT molecular complexity index is 789. The lowest BCUT2D eigenvalue weighted by Crippen LogP contribution is -2.51. The highest BCUT2D eigenvalue weighted by Gasteiger charge is 2.63. The summed E-state index contributed by atoms with van der Waals surface area (Å²) in [6.07, 6.45) is 3.99. The zero-order valence-corrected chi connectivity index (χ0v) is 14.2. The number of aliphatic hydroxyl groups is 2. The molecule has 2 aliphatic rings. The van der Waals surface area contributed by atoms with E-state index in [0.29, 0.717) is 23.0 Å². The smallest absolute Gasteiger partial charge is 0.183 e. The lowest BCUT2D eigenvalue weighted by molar-refractivity contribution is -0.0891. The molecular formula is C16H22FN5O3. The molecule has 0 aromatic carbocycles. The summed E-state index contributed by atoms with van der Waals surface area (Å²) in [6, 6.07) is 0.372. The fourth-order valence-corrected chi connectivity index (χ4v) is 3.40. The third-order valence-corrected chi connectivity index (χ3v) is 5.60. The fourth-order valence-electron chi connectivity index (χ4n) is 3.40. The molecule has 8 nitrogen and oxygen atoms in total. The second kappa shape index (κ2) is 5.58. The topological polar surface area (TPSA) is 105 Å². The highest BCUT2D eigenvalue weighted by atomic mass is 19.1. The summed E-state index contributed by atoms with van der Waals surface area (Å²) < 4.78 is 22.4. The number of aliphatic hydroxyl groups excluding tert-OH is 1. The predicted molar refractivity (Wildman–Crippen MR) is 87.7 cm³/mol. The van der Waals surface area contributed by atoms with Crippen LogP contribution in [0, 0.1) is 0 Å². The van der Waals surface area contributed by atoms with Crippen LogP contribution in [0.1, 0.15) is 39.3 Å². The van der Waals surface area contributed by atoms with Crippen LogP contribution in [0.15, 0.2) is 12.7 Å². The van der Waals surface area contributed by atoms with Gasteiger partial charge in [0, 0.05) is 6.04 Å². The molecule has 0 bridgehead atoms. The molecule has 9 heteroatoms. The van der Waals surface area contributed by atoms with E-state index < -0.39 is 30.2 Å². The molecule has 0 amide bonds. The number of imidazole rings is 1. The van der Waals surface area contributed by atoms with Crippen LogP contribution in [0.4, 0.5) is 10.2 Å². The maximum absolute atomic E-state index is 15.4. The molecule has 4 atom stereocenters. The number of hydrogen-bond acceptors (Lipinski definition) is 7. The molecule has 1 aliphatic heterocycles. The number of nitrogens with one attached hydrogen (secondary N) is 1. The van der Waals surface area contributed by atoms with Crippen molar-refractivity contribution in [3.63, 3.8) is 0 Å². The number of nitrogens with zero attached hydrogens (tertiary/aromatic N) is 4. The van der Waals surface area contributed by atoms with Gasteiger partial charge in [-0.25, -0.2) is 19.3 Å². The molecule has 1 saturated heterocycles. The van der Waals surface area contributed by atoms with Crippen LogP contribution in [-0.2, 0) is 4.74 Å². The molecule has 3 heterocycles. The van der Waals surface area contributed by atoms with Crippen LogP contribution in [0.25, 0.3) is 11.2 Å². The first kappa shape index (κ1) is 16.6. The van der Waals surface area contributed by atoms with Gasteiger partial charge in [-0.05, 0) is 33.1 Å². The Morgan fingerprint density at radius 1 is 1.36 bits per heavy atom. The monoisotopic (exact) mass is 351 g/mol. The van der Waals surface area contributed by atoms with E-state index in [1.165, 1.54) is 37.5 Å². The minimum absolute atomic E-state index is 0.372. The van der Waals surface area contributed by atoms with Gasteiger partial charge in [0.2, 0.25) is 0 Å². The number of hydrogen-bond donors (Lipinski definition) is 3. The molecule has 0 radical (unpaired) electrons. The Hall–Kier alpha value is -1.84. The van der Waals surface area contributed by atoms with Crippen LogP contribution in [0.2, 0.25) is 0 Å². The van der Waals surface area contributed by atoms with Crippen molar-refractivity contribution in [1.29, 1.82) is 0 Å². The first-order valence-electron chi connectivity index (χ1n) is 8.48. The van der Waals surface area contributed by atoms with Crippen LogP contribution in [-0.4, -0.2) is 59.8 Å². The highest BCUT2D eigenvalue weighted by molar-refractivity contribution is 5.82. The summed E-state index contributed by atoms with van der Waals surface area (Å²) in [6.45, 7) is 2.10. The van der Waals surface area contributed by atoms with Gasteiger partial charge in [0.15, 0.2) is 28.9 Å². The zero-order valence-electron chi connectivity index (χ0n) is 14.2. The number of aromatic nitrogens is 4. The average molecular weight is 351 g/mol. The van der Waals surface area contributed by atoms with Crippen molar-refractivity contribution >= 4 is 17.0 Å². The van der Waals surface area contributed by atoms with Crippen molar-refractivity contribution < 1.29 is 19.3 Å². The van der Waals surface area contributed by atoms with Crippen LogP contribution < -0.4 is 5.32 Å². The van der Waals surface area contributed by atoms with Crippen LogP contribution in [0.3, 0.4) is 0 Å². The highest BCUT2D eigenvalue weighted by Crippen LogP contribution is 2.48. The quantitative estimate of drug-likeness (QED) is 0.759. The van der Waals surface area contributed by atoms with E-state index in [0.717, 1.165) is 12.8 Å². The summed E-state index contributed by atoms with van der Waals surface area (Å²) in [7, 11) is 0. The van der Waals surface area contributed by atoms with E-state index in [9.17, 15) is 10.2 Å². The van der Waals surface area contributed by atoms with Crippen molar-refractivity contribution in [1.82, 2.24) is 19.5 Å². The standard InChI is InChI=1S/C16H22FN5O3/c1-15(17)14(25-10(6-23)16(15,2)24)22-8-20-11-12(18-7-19-13(11)22)21-9-4-3-5-9/h7-10,14,23-24H,3-6H2,1-2H3,(H,18,19,21)/t10-,14+,15+,16+/m1/s1. The first-order valence-corrected chi connectivity index (χ1v) is 8.48. The third-order valence-electron chi connectivity index (χ3n) is 5.60. The number of fused-ring (bicyclic) bond motifs is 1. The number of alkyl halides is 1. The molecule has 2 aromatic heterocycles. The lowest BCUT2D eigenvalue weighted by atomic mass is 9.85. The molecule has 2 aromatic rings. The number of halogens is 1. The summed E-state index contributed by atoms with van der Waals surface area (Å²) in [5, 5.41) is 23.3. The van der Waals surface area contributed by atoms with Crippen molar-refractivity contribution in [2.45, 2.75) is 62.8 Å². The van der Waals surface area contributed by atoms with E-state index in [1.807, 2.05) is 0 Å². The Morgan fingerprint density at radius 3 is 2.72 bits per heavy atom. The first-order chi connectivity index (χ1) is 11.9. The van der Waals surface area contributed by atoms with E-state index in [1.54, 1.807) is 0 Å². The predicted octanol–water partition coefficient (Wildman–Crippen LogP) is 1.16. The van der Waals surface area contributed by atoms with Gasteiger partial charge in [-0.15, -0.1) is 0 Å². The van der Waals surface area contributed by atoms with E-state index in [2.05, 4.69) is 20.3 Å².